The number of ether oxygens (including phenoxy) is 2. The number of methoxy groups -OCH3 is 2. The molecule has 16 heavy (non-hydrogen) atoms. The van der Waals surface area contributed by atoms with Crippen LogP contribution in [0.2, 0.25) is 0 Å². The molecule has 0 aliphatic carbocycles. The fourth-order valence-electron chi connectivity index (χ4n) is 1.55. The standard InChI is InChI=1S/C12H18BrNO2/c1-12(2,14)7-8-9(15-3)5-6-10(16-4)11(8)13/h5-6H,7,14H2,1-4H3. The zero-order valence-corrected chi connectivity index (χ0v) is 11.7. The van der Waals surface area contributed by atoms with Crippen molar-refractivity contribution in [2.24, 2.45) is 5.73 Å². The molecule has 0 aliphatic rings. The van der Waals surface area contributed by atoms with Gasteiger partial charge in [0.25, 0.3) is 0 Å². The molecule has 0 aromatic heterocycles. The van der Waals surface area contributed by atoms with E-state index in [1.165, 1.54) is 0 Å². The molecule has 0 radical (unpaired) electrons. The van der Waals surface area contributed by atoms with Crippen LogP contribution < -0.4 is 15.2 Å². The lowest BCUT2D eigenvalue weighted by atomic mass is 9.95. The smallest absolute Gasteiger partial charge is 0.133 e. The molecule has 0 spiro atoms. The molecule has 1 aromatic carbocycles. The van der Waals surface area contributed by atoms with E-state index in [4.69, 9.17) is 15.2 Å². The van der Waals surface area contributed by atoms with Crippen LogP contribution in [0.25, 0.3) is 0 Å². The summed E-state index contributed by atoms with van der Waals surface area (Å²) in [7, 11) is 3.30. The Labute approximate surface area is 105 Å². The predicted molar refractivity (Wildman–Crippen MR) is 69.2 cm³/mol. The highest BCUT2D eigenvalue weighted by molar-refractivity contribution is 9.10. The van der Waals surface area contributed by atoms with E-state index in [1.807, 2.05) is 26.0 Å². The molecule has 4 heteroatoms. The van der Waals surface area contributed by atoms with E-state index in [1.54, 1.807) is 14.2 Å². The number of halogens is 1. The second kappa shape index (κ2) is 5.06. The first-order valence-corrected chi connectivity index (χ1v) is 5.86. The van der Waals surface area contributed by atoms with Gasteiger partial charge >= 0.3 is 0 Å². The van der Waals surface area contributed by atoms with Crippen molar-refractivity contribution in [1.82, 2.24) is 0 Å². The molecule has 1 aromatic rings. The molecule has 0 saturated carbocycles. The highest BCUT2D eigenvalue weighted by Crippen LogP contribution is 2.36. The molecule has 1 rings (SSSR count). The summed E-state index contributed by atoms with van der Waals surface area (Å²) in [5.41, 5.74) is 6.78. The maximum atomic E-state index is 6.03. The second-order valence-corrected chi connectivity index (χ2v) is 5.22. The Hall–Kier alpha value is -0.740. The van der Waals surface area contributed by atoms with Gasteiger partial charge in [0.2, 0.25) is 0 Å². The lowest BCUT2D eigenvalue weighted by molar-refractivity contribution is 0.390. The molecular formula is C12H18BrNO2. The van der Waals surface area contributed by atoms with Crippen molar-refractivity contribution in [1.29, 1.82) is 0 Å². The lowest BCUT2D eigenvalue weighted by Crippen LogP contribution is -2.34. The minimum atomic E-state index is -0.290. The van der Waals surface area contributed by atoms with E-state index in [0.29, 0.717) is 6.42 Å². The Bertz CT molecular complexity index is 372. The van der Waals surface area contributed by atoms with Gasteiger partial charge in [0, 0.05) is 11.1 Å². The maximum absolute atomic E-state index is 6.03. The molecule has 3 nitrogen and oxygen atoms in total. The third-order valence-electron chi connectivity index (χ3n) is 2.24. The Kier molecular flexibility index (Phi) is 4.21. The molecule has 0 aliphatic heterocycles. The van der Waals surface area contributed by atoms with Crippen LogP contribution in [-0.4, -0.2) is 19.8 Å². The number of hydrogen-bond acceptors (Lipinski definition) is 3. The number of hydrogen-bond donors (Lipinski definition) is 1. The number of nitrogens with two attached hydrogens (primary N) is 1. The monoisotopic (exact) mass is 287 g/mol. The van der Waals surface area contributed by atoms with Crippen LogP contribution in [0.15, 0.2) is 16.6 Å². The fourth-order valence-corrected chi connectivity index (χ4v) is 2.18. The Balaban J connectivity index is 3.21. The molecule has 2 N–H and O–H groups in total. The van der Waals surface area contributed by atoms with Crippen molar-refractivity contribution >= 4 is 15.9 Å². The van der Waals surface area contributed by atoms with Crippen molar-refractivity contribution in [3.8, 4) is 11.5 Å². The average Bonchev–Trinajstić information content (AvgIpc) is 2.19. The van der Waals surface area contributed by atoms with Gasteiger partial charge in [-0.15, -0.1) is 0 Å². The van der Waals surface area contributed by atoms with Crippen LogP contribution >= 0.6 is 15.9 Å². The van der Waals surface area contributed by atoms with Crippen molar-refractivity contribution in [2.75, 3.05) is 14.2 Å². The summed E-state index contributed by atoms with van der Waals surface area (Å²) < 4.78 is 11.5. The van der Waals surface area contributed by atoms with Gasteiger partial charge in [0.05, 0.1) is 18.7 Å². The highest BCUT2D eigenvalue weighted by atomic mass is 79.9. The number of benzene rings is 1. The SMILES string of the molecule is COc1ccc(OC)c(CC(C)(C)N)c1Br. The van der Waals surface area contributed by atoms with Crippen molar-refractivity contribution in [3.63, 3.8) is 0 Å². The van der Waals surface area contributed by atoms with Gasteiger partial charge in [-0.1, -0.05) is 0 Å². The number of rotatable bonds is 4. The third kappa shape index (κ3) is 3.12. The second-order valence-electron chi connectivity index (χ2n) is 4.43. The summed E-state index contributed by atoms with van der Waals surface area (Å²) in [5.74, 6) is 1.62. The van der Waals surface area contributed by atoms with E-state index in [9.17, 15) is 0 Å². The van der Waals surface area contributed by atoms with Crippen LogP contribution in [0, 0.1) is 0 Å². The van der Waals surface area contributed by atoms with Gasteiger partial charge in [-0.2, -0.15) is 0 Å². The van der Waals surface area contributed by atoms with E-state index in [-0.39, 0.29) is 5.54 Å². The summed E-state index contributed by atoms with van der Waals surface area (Å²) in [6, 6.07) is 3.76. The van der Waals surface area contributed by atoms with Crippen LogP contribution in [0.4, 0.5) is 0 Å². The first-order valence-electron chi connectivity index (χ1n) is 5.07. The normalized spacial score (nSPS) is 11.4. The van der Waals surface area contributed by atoms with Gasteiger partial charge in [-0.3, -0.25) is 0 Å². The molecule has 0 heterocycles. The van der Waals surface area contributed by atoms with Crippen molar-refractivity contribution in [2.45, 2.75) is 25.8 Å². The summed E-state index contributed by atoms with van der Waals surface area (Å²) in [6.45, 7) is 3.97. The van der Waals surface area contributed by atoms with E-state index in [2.05, 4.69) is 15.9 Å². The van der Waals surface area contributed by atoms with Crippen LogP contribution in [0.1, 0.15) is 19.4 Å². The van der Waals surface area contributed by atoms with Gasteiger partial charge in [-0.05, 0) is 48.3 Å². The fraction of sp³-hybridized carbons (Fsp3) is 0.500. The van der Waals surface area contributed by atoms with E-state index < -0.39 is 0 Å². The maximum Gasteiger partial charge on any atom is 0.133 e. The van der Waals surface area contributed by atoms with Crippen LogP contribution in [0.5, 0.6) is 11.5 Å². The Morgan fingerprint density at radius 3 is 2.12 bits per heavy atom. The summed E-state index contributed by atoms with van der Waals surface area (Å²) in [6.07, 6.45) is 0.716. The van der Waals surface area contributed by atoms with E-state index >= 15 is 0 Å². The summed E-state index contributed by atoms with van der Waals surface area (Å²) in [4.78, 5) is 0. The summed E-state index contributed by atoms with van der Waals surface area (Å²) >= 11 is 3.53. The average molecular weight is 288 g/mol. The van der Waals surface area contributed by atoms with E-state index in [0.717, 1.165) is 21.5 Å². The Morgan fingerprint density at radius 1 is 1.19 bits per heavy atom. The third-order valence-corrected chi connectivity index (χ3v) is 3.11. The molecule has 0 atom stereocenters. The zero-order chi connectivity index (χ0) is 12.3. The molecule has 90 valence electrons. The first-order chi connectivity index (χ1) is 7.39. The summed E-state index contributed by atoms with van der Waals surface area (Å²) in [5, 5.41) is 0. The van der Waals surface area contributed by atoms with Gasteiger partial charge < -0.3 is 15.2 Å². The van der Waals surface area contributed by atoms with Crippen LogP contribution in [0.3, 0.4) is 0 Å². The molecule has 0 fully saturated rings. The van der Waals surface area contributed by atoms with Crippen molar-refractivity contribution in [3.05, 3.63) is 22.2 Å². The van der Waals surface area contributed by atoms with Crippen LogP contribution in [-0.2, 0) is 6.42 Å². The molecule has 0 unspecified atom stereocenters. The minimum absolute atomic E-state index is 0.290. The lowest BCUT2D eigenvalue weighted by Gasteiger charge is -2.22. The Morgan fingerprint density at radius 2 is 1.69 bits per heavy atom. The minimum Gasteiger partial charge on any atom is -0.496 e. The van der Waals surface area contributed by atoms with Crippen molar-refractivity contribution < 1.29 is 9.47 Å². The molecule has 0 saturated heterocycles. The predicted octanol–water partition coefficient (Wildman–Crippen LogP) is 2.75. The van der Waals surface area contributed by atoms with Gasteiger partial charge in [0.15, 0.2) is 0 Å². The molecular weight excluding hydrogens is 270 g/mol. The van der Waals surface area contributed by atoms with Gasteiger partial charge in [-0.25, -0.2) is 0 Å². The highest BCUT2D eigenvalue weighted by Gasteiger charge is 2.19. The largest absolute Gasteiger partial charge is 0.496 e. The first kappa shape index (κ1) is 13.3. The topological polar surface area (TPSA) is 44.5 Å². The molecule has 0 amide bonds. The van der Waals surface area contributed by atoms with Gasteiger partial charge in [0.1, 0.15) is 11.5 Å². The zero-order valence-electron chi connectivity index (χ0n) is 10.1. The molecule has 0 bridgehead atoms. The quantitative estimate of drug-likeness (QED) is 0.926.